The fourth-order valence-corrected chi connectivity index (χ4v) is 2.90. The summed E-state index contributed by atoms with van der Waals surface area (Å²) in [5, 5.41) is 3.21. The summed E-state index contributed by atoms with van der Waals surface area (Å²) in [6, 6.07) is 9.44. The Morgan fingerprint density at radius 3 is 2.89 bits per heavy atom. The van der Waals surface area contributed by atoms with Gasteiger partial charge in [0, 0.05) is 12.1 Å². The average Bonchev–Trinajstić information content (AvgIpc) is 2.85. The van der Waals surface area contributed by atoms with Gasteiger partial charge in [0.1, 0.15) is 5.76 Å². The van der Waals surface area contributed by atoms with Crippen LogP contribution in [0, 0.1) is 0 Å². The van der Waals surface area contributed by atoms with Crippen LogP contribution in [-0.4, -0.2) is 12.5 Å². The third-order valence-electron chi connectivity index (χ3n) is 3.19. The fourth-order valence-electron chi connectivity index (χ4n) is 2.22. The SMILES string of the molecule is O=C1NCCc2ccc(C(Br)c3ccc(Cl)o3)cc21. The van der Waals surface area contributed by atoms with Gasteiger partial charge < -0.3 is 9.73 Å². The highest BCUT2D eigenvalue weighted by atomic mass is 79.9. The van der Waals surface area contributed by atoms with Crippen LogP contribution in [0.25, 0.3) is 0 Å². The molecule has 98 valence electrons. The van der Waals surface area contributed by atoms with Crippen molar-refractivity contribution in [2.75, 3.05) is 6.54 Å². The number of halogens is 2. The normalized spacial score (nSPS) is 15.8. The number of hydrogen-bond donors (Lipinski definition) is 1. The van der Waals surface area contributed by atoms with Crippen molar-refractivity contribution in [2.45, 2.75) is 11.2 Å². The molecule has 1 aliphatic heterocycles. The van der Waals surface area contributed by atoms with Gasteiger partial charge in [0.25, 0.3) is 5.91 Å². The number of fused-ring (bicyclic) bond motifs is 1. The summed E-state index contributed by atoms with van der Waals surface area (Å²) < 4.78 is 5.39. The van der Waals surface area contributed by atoms with E-state index < -0.39 is 0 Å². The lowest BCUT2D eigenvalue weighted by Gasteiger charge is -2.18. The number of furan rings is 1. The van der Waals surface area contributed by atoms with Gasteiger partial charge in [-0.1, -0.05) is 28.1 Å². The predicted molar refractivity (Wildman–Crippen MR) is 77.0 cm³/mol. The van der Waals surface area contributed by atoms with E-state index >= 15 is 0 Å². The van der Waals surface area contributed by atoms with Crippen molar-refractivity contribution >= 4 is 33.4 Å². The molecule has 1 aromatic heterocycles. The van der Waals surface area contributed by atoms with Crippen LogP contribution < -0.4 is 5.32 Å². The molecule has 19 heavy (non-hydrogen) atoms. The molecule has 1 N–H and O–H groups in total. The van der Waals surface area contributed by atoms with Crippen LogP contribution in [0.5, 0.6) is 0 Å². The molecule has 1 aromatic carbocycles. The van der Waals surface area contributed by atoms with Gasteiger partial charge in [0.2, 0.25) is 0 Å². The quantitative estimate of drug-likeness (QED) is 0.847. The second kappa shape index (κ2) is 5.02. The molecular formula is C14H11BrClNO2. The maximum Gasteiger partial charge on any atom is 0.251 e. The maximum atomic E-state index is 11.8. The zero-order chi connectivity index (χ0) is 13.4. The summed E-state index contributed by atoms with van der Waals surface area (Å²) >= 11 is 9.35. The predicted octanol–water partition coefficient (Wildman–Crippen LogP) is 3.70. The van der Waals surface area contributed by atoms with Gasteiger partial charge in [0.05, 0.1) is 4.83 Å². The van der Waals surface area contributed by atoms with E-state index in [1.54, 1.807) is 6.07 Å². The van der Waals surface area contributed by atoms with E-state index in [1.807, 2.05) is 24.3 Å². The Morgan fingerprint density at radius 1 is 1.32 bits per heavy atom. The first-order chi connectivity index (χ1) is 9.15. The summed E-state index contributed by atoms with van der Waals surface area (Å²) in [6.07, 6.45) is 0.876. The van der Waals surface area contributed by atoms with Crippen LogP contribution in [0.3, 0.4) is 0 Å². The van der Waals surface area contributed by atoms with Gasteiger partial charge >= 0.3 is 0 Å². The first-order valence-electron chi connectivity index (χ1n) is 5.95. The van der Waals surface area contributed by atoms with E-state index in [1.165, 1.54) is 0 Å². The Labute approximate surface area is 124 Å². The topological polar surface area (TPSA) is 42.2 Å². The third-order valence-corrected chi connectivity index (χ3v) is 4.38. The number of benzene rings is 1. The van der Waals surface area contributed by atoms with Gasteiger partial charge in [-0.15, -0.1) is 0 Å². The van der Waals surface area contributed by atoms with Crippen molar-refractivity contribution in [3.63, 3.8) is 0 Å². The zero-order valence-corrected chi connectivity index (χ0v) is 12.3. The smallest absolute Gasteiger partial charge is 0.251 e. The van der Waals surface area contributed by atoms with Crippen molar-refractivity contribution in [2.24, 2.45) is 0 Å². The number of hydrogen-bond acceptors (Lipinski definition) is 2. The molecule has 0 saturated heterocycles. The minimum atomic E-state index is -0.111. The van der Waals surface area contributed by atoms with E-state index in [0.717, 1.165) is 28.9 Å². The third kappa shape index (κ3) is 2.42. The van der Waals surface area contributed by atoms with Crippen molar-refractivity contribution in [3.8, 4) is 0 Å². The summed E-state index contributed by atoms with van der Waals surface area (Å²) in [7, 11) is 0. The van der Waals surface area contributed by atoms with Crippen LogP contribution in [0.4, 0.5) is 0 Å². The molecule has 2 heterocycles. The lowest BCUT2D eigenvalue weighted by molar-refractivity contribution is 0.0946. The highest BCUT2D eigenvalue weighted by Crippen LogP contribution is 2.34. The molecule has 5 heteroatoms. The molecule has 0 saturated carbocycles. The fraction of sp³-hybridized carbons (Fsp3) is 0.214. The average molecular weight is 341 g/mol. The molecule has 1 atom stereocenters. The first-order valence-corrected chi connectivity index (χ1v) is 7.25. The summed E-state index contributed by atoms with van der Waals surface area (Å²) in [5.74, 6) is 0.710. The maximum absolute atomic E-state index is 11.8. The number of carbonyl (C=O) groups is 1. The molecular weight excluding hydrogens is 330 g/mol. The van der Waals surface area contributed by atoms with Crippen LogP contribution in [0.15, 0.2) is 34.7 Å². The number of nitrogens with one attached hydrogen (secondary N) is 1. The van der Waals surface area contributed by atoms with Gasteiger partial charge in [0.15, 0.2) is 5.22 Å². The highest BCUT2D eigenvalue weighted by molar-refractivity contribution is 9.09. The molecule has 1 aliphatic rings. The summed E-state index contributed by atoms with van der Waals surface area (Å²) in [5.41, 5.74) is 2.80. The molecule has 2 aromatic rings. The molecule has 0 aliphatic carbocycles. The molecule has 0 spiro atoms. The highest BCUT2D eigenvalue weighted by Gasteiger charge is 2.20. The second-order valence-electron chi connectivity index (χ2n) is 4.43. The Hall–Kier alpha value is -1.26. The minimum Gasteiger partial charge on any atom is -0.448 e. The summed E-state index contributed by atoms with van der Waals surface area (Å²) in [6.45, 7) is 0.705. The van der Waals surface area contributed by atoms with Gasteiger partial charge in [-0.25, -0.2) is 0 Å². The molecule has 3 rings (SSSR count). The minimum absolute atomic E-state index is 0.0136. The van der Waals surface area contributed by atoms with Crippen molar-refractivity contribution in [1.82, 2.24) is 5.32 Å². The van der Waals surface area contributed by atoms with E-state index in [-0.39, 0.29) is 10.7 Å². The van der Waals surface area contributed by atoms with Crippen LogP contribution in [0.1, 0.15) is 32.1 Å². The Morgan fingerprint density at radius 2 is 2.16 bits per heavy atom. The molecule has 0 bridgehead atoms. The van der Waals surface area contributed by atoms with Gasteiger partial charge in [-0.05, 0) is 47.3 Å². The van der Waals surface area contributed by atoms with Crippen LogP contribution >= 0.6 is 27.5 Å². The lowest BCUT2D eigenvalue weighted by Crippen LogP contribution is -2.31. The Balaban J connectivity index is 1.97. The molecule has 0 radical (unpaired) electrons. The monoisotopic (exact) mass is 339 g/mol. The Bertz CT molecular complexity index is 638. The largest absolute Gasteiger partial charge is 0.448 e. The number of alkyl halides is 1. The number of amides is 1. The number of carbonyl (C=O) groups excluding carboxylic acids is 1. The van der Waals surface area contributed by atoms with Crippen molar-refractivity contribution < 1.29 is 9.21 Å². The van der Waals surface area contributed by atoms with E-state index in [4.69, 9.17) is 16.0 Å². The van der Waals surface area contributed by atoms with E-state index in [2.05, 4.69) is 21.2 Å². The summed E-state index contributed by atoms with van der Waals surface area (Å²) in [4.78, 5) is 11.7. The van der Waals surface area contributed by atoms with E-state index in [9.17, 15) is 4.79 Å². The lowest BCUT2D eigenvalue weighted by atomic mass is 9.96. The number of rotatable bonds is 2. The van der Waals surface area contributed by atoms with Gasteiger partial charge in [-0.3, -0.25) is 4.79 Å². The van der Waals surface area contributed by atoms with Crippen LogP contribution in [0.2, 0.25) is 5.22 Å². The van der Waals surface area contributed by atoms with Gasteiger partial charge in [-0.2, -0.15) is 0 Å². The van der Waals surface area contributed by atoms with Crippen LogP contribution in [-0.2, 0) is 6.42 Å². The van der Waals surface area contributed by atoms with E-state index in [0.29, 0.717) is 11.8 Å². The molecule has 1 unspecified atom stereocenters. The Kier molecular flexibility index (Phi) is 3.37. The zero-order valence-electron chi connectivity index (χ0n) is 9.95. The molecule has 1 amide bonds. The molecule has 0 fully saturated rings. The standard InChI is InChI=1S/C14H11BrClNO2/c15-13(11-3-4-12(16)19-11)9-2-1-8-5-6-17-14(18)10(8)7-9/h1-4,7,13H,5-6H2,(H,17,18). The molecule has 3 nitrogen and oxygen atoms in total. The van der Waals surface area contributed by atoms with Crippen molar-refractivity contribution in [3.05, 3.63) is 58.0 Å². The van der Waals surface area contributed by atoms with Crippen molar-refractivity contribution in [1.29, 1.82) is 0 Å². The second-order valence-corrected chi connectivity index (χ2v) is 5.72. The first kappa shape index (κ1) is 12.8.